The monoisotopic (exact) mass is 346 g/mol. The third-order valence-electron chi connectivity index (χ3n) is 5.63. The molecule has 1 unspecified atom stereocenters. The molecule has 0 spiro atoms. The smallest absolute Gasteiger partial charge is 0.248 e. The highest BCUT2D eigenvalue weighted by atomic mass is 16.5. The second kappa shape index (κ2) is 8.79. The van der Waals surface area contributed by atoms with Crippen molar-refractivity contribution in [1.29, 1.82) is 0 Å². The number of rotatable bonds is 7. The largest absolute Gasteiger partial charge is 0.387 e. The summed E-state index contributed by atoms with van der Waals surface area (Å²) < 4.78 is 5.11. The number of methoxy groups -OCH3 is 1. The number of aliphatic hydroxyl groups excluding tert-OH is 1. The third-order valence-corrected chi connectivity index (χ3v) is 5.63. The van der Waals surface area contributed by atoms with Crippen LogP contribution in [0, 0.1) is 5.92 Å². The van der Waals surface area contributed by atoms with Gasteiger partial charge in [-0.2, -0.15) is 0 Å². The molecule has 1 aromatic carbocycles. The van der Waals surface area contributed by atoms with Crippen LogP contribution >= 0.6 is 0 Å². The van der Waals surface area contributed by atoms with E-state index in [0.717, 1.165) is 38.9 Å². The highest BCUT2D eigenvalue weighted by Gasteiger charge is 2.31. The minimum atomic E-state index is -0.419. The molecule has 1 heterocycles. The fraction of sp³-hybridized carbons (Fsp3) is 0.650. The van der Waals surface area contributed by atoms with E-state index in [2.05, 4.69) is 29.2 Å². The zero-order valence-corrected chi connectivity index (χ0v) is 15.2. The summed E-state index contributed by atoms with van der Waals surface area (Å²) in [5, 5.41) is 9.22. The minimum absolute atomic E-state index is 0.192. The Morgan fingerprint density at radius 3 is 2.68 bits per heavy atom. The molecule has 0 radical (unpaired) electrons. The number of aliphatic hydroxyl groups is 1. The summed E-state index contributed by atoms with van der Waals surface area (Å²) >= 11 is 0. The molecule has 1 atom stereocenters. The Bertz CT molecular complexity index is 553. The van der Waals surface area contributed by atoms with E-state index in [1.54, 1.807) is 12.0 Å². The molecule has 1 aliphatic carbocycles. The Morgan fingerprint density at radius 1 is 1.32 bits per heavy atom. The lowest BCUT2D eigenvalue weighted by Gasteiger charge is -2.38. The number of piperidine rings is 1. The molecule has 1 saturated heterocycles. The molecule has 5 nitrogen and oxygen atoms in total. The number of carbonyl (C=O) groups excluding carboxylic acids is 1. The van der Waals surface area contributed by atoms with Crippen molar-refractivity contribution in [3.05, 3.63) is 35.4 Å². The lowest BCUT2D eigenvalue weighted by Crippen LogP contribution is -2.48. The van der Waals surface area contributed by atoms with Crippen molar-refractivity contribution in [3.8, 4) is 0 Å². The van der Waals surface area contributed by atoms with Gasteiger partial charge in [-0.15, -0.1) is 0 Å². The van der Waals surface area contributed by atoms with Crippen LogP contribution in [-0.2, 0) is 22.4 Å². The molecule has 1 amide bonds. The maximum atomic E-state index is 12.0. The first kappa shape index (κ1) is 18.4. The highest BCUT2D eigenvalue weighted by Crippen LogP contribution is 2.29. The van der Waals surface area contributed by atoms with E-state index >= 15 is 0 Å². The van der Waals surface area contributed by atoms with E-state index < -0.39 is 6.61 Å². The van der Waals surface area contributed by atoms with Crippen LogP contribution in [0.5, 0.6) is 0 Å². The van der Waals surface area contributed by atoms with Crippen molar-refractivity contribution in [3.63, 3.8) is 0 Å². The summed E-state index contributed by atoms with van der Waals surface area (Å²) in [5.74, 6) is 0.285. The van der Waals surface area contributed by atoms with Crippen LogP contribution in [0.25, 0.3) is 0 Å². The van der Waals surface area contributed by atoms with Crippen molar-refractivity contribution in [1.82, 2.24) is 9.80 Å². The van der Waals surface area contributed by atoms with E-state index in [4.69, 9.17) is 4.74 Å². The van der Waals surface area contributed by atoms with Crippen LogP contribution in [0.1, 0.15) is 24.0 Å². The Kier molecular flexibility index (Phi) is 6.45. The van der Waals surface area contributed by atoms with E-state index in [0.29, 0.717) is 25.1 Å². The lowest BCUT2D eigenvalue weighted by atomic mass is 9.95. The zero-order valence-electron chi connectivity index (χ0n) is 15.2. The standard InChI is InChI=1S/C20H30N2O3/c1-25-10-9-22(20(24)15-23)14-16-5-4-8-21(13-16)19-11-17-6-2-3-7-18(17)12-19/h2-3,6-7,16,19,23H,4-5,8-15H2,1H3. The number of benzene rings is 1. The summed E-state index contributed by atoms with van der Waals surface area (Å²) in [6.07, 6.45) is 4.62. The average molecular weight is 346 g/mol. The Labute approximate surface area is 150 Å². The molecule has 25 heavy (non-hydrogen) atoms. The molecule has 5 heteroatoms. The van der Waals surface area contributed by atoms with Crippen LogP contribution < -0.4 is 0 Å². The van der Waals surface area contributed by atoms with E-state index in [9.17, 15) is 9.90 Å². The number of hydrogen-bond donors (Lipinski definition) is 1. The van der Waals surface area contributed by atoms with Crippen LogP contribution in [0.3, 0.4) is 0 Å². The molecule has 3 rings (SSSR count). The van der Waals surface area contributed by atoms with Gasteiger partial charge in [-0.05, 0) is 49.3 Å². The molecule has 0 saturated carbocycles. The molecular weight excluding hydrogens is 316 g/mol. The molecule has 1 N–H and O–H groups in total. The predicted octanol–water partition coefficient (Wildman–Crippen LogP) is 1.33. The molecule has 0 aromatic heterocycles. The van der Waals surface area contributed by atoms with Gasteiger partial charge in [-0.25, -0.2) is 0 Å². The predicted molar refractivity (Wildman–Crippen MR) is 97.5 cm³/mol. The van der Waals surface area contributed by atoms with Crippen LogP contribution in [0.4, 0.5) is 0 Å². The Morgan fingerprint density at radius 2 is 2.04 bits per heavy atom. The normalized spacial score (nSPS) is 21.3. The second-order valence-corrected chi connectivity index (χ2v) is 7.32. The quantitative estimate of drug-likeness (QED) is 0.809. The summed E-state index contributed by atoms with van der Waals surface area (Å²) in [6.45, 7) is 3.57. The zero-order chi connectivity index (χ0) is 17.6. The second-order valence-electron chi connectivity index (χ2n) is 7.32. The van der Waals surface area contributed by atoms with Crippen LogP contribution in [0.15, 0.2) is 24.3 Å². The van der Waals surface area contributed by atoms with Crippen molar-refractivity contribution >= 4 is 5.91 Å². The molecule has 0 bridgehead atoms. The van der Waals surface area contributed by atoms with Gasteiger partial charge in [-0.3, -0.25) is 9.69 Å². The van der Waals surface area contributed by atoms with Gasteiger partial charge in [0.1, 0.15) is 6.61 Å². The molecule has 2 aliphatic rings. The minimum Gasteiger partial charge on any atom is -0.387 e. The lowest BCUT2D eigenvalue weighted by molar-refractivity contribution is -0.135. The Hall–Kier alpha value is -1.43. The molecule has 138 valence electrons. The van der Waals surface area contributed by atoms with E-state index in [1.165, 1.54) is 17.5 Å². The molecular formula is C20H30N2O3. The summed E-state index contributed by atoms with van der Waals surface area (Å²) in [7, 11) is 1.64. The maximum Gasteiger partial charge on any atom is 0.248 e. The highest BCUT2D eigenvalue weighted by molar-refractivity contribution is 5.77. The Balaban J connectivity index is 1.56. The van der Waals surface area contributed by atoms with Gasteiger partial charge in [0.2, 0.25) is 5.91 Å². The maximum absolute atomic E-state index is 12.0. The van der Waals surface area contributed by atoms with Gasteiger partial charge in [0.15, 0.2) is 0 Å². The fourth-order valence-electron chi connectivity index (χ4n) is 4.30. The number of amides is 1. The van der Waals surface area contributed by atoms with Gasteiger partial charge in [0, 0.05) is 32.8 Å². The number of nitrogens with zero attached hydrogens (tertiary/aromatic N) is 2. The number of carbonyl (C=O) groups is 1. The van der Waals surface area contributed by atoms with Crippen molar-refractivity contribution in [2.45, 2.75) is 31.7 Å². The molecule has 1 aromatic rings. The van der Waals surface area contributed by atoms with Gasteiger partial charge < -0.3 is 14.7 Å². The van der Waals surface area contributed by atoms with Crippen molar-refractivity contribution in [2.24, 2.45) is 5.92 Å². The molecule has 1 aliphatic heterocycles. The van der Waals surface area contributed by atoms with Gasteiger partial charge in [-0.1, -0.05) is 24.3 Å². The van der Waals surface area contributed by atoms with E-state index in [1.807, 2.05) is 0 Å². The third kappa shape index (κ3) is 4.60. The van der Waals surface area contributed by atoms with E-state index in [-0.39, 0.29) is 5.91 Å². The van der Waals surface area contributed by atoms with Gasteiger partial charge in [0.05, 0.1) is 6.61 Å². The van der Waals surface area contributed by atoms with Gasteiger partial charge >= 0.3 is 0 Å². The van der Waals surface area contributed by atoms with Crippen LogP contribution in [-0.4, -0.2) is 73.4 Å². The fourth-order valence-corrected chi connectivity index (χ4v) is 4.30. The van der Waals surface area contributed by atoms with Crippen LogP contribution in [0.2, 0.25) is 0 Å². The summed E-state index contributed by atoms with van der Waals surface area (Å²) in [4.78, 5) is 16.4. The number of fused-ring (bicyclic) bond motifs is 1. The topological polar surface area (TPSA) is 53.0 Å². The SMILES string of the molecule is COCCN(CC1CCCN(C2Cc3ccccc3C2)C1)C(=O)CO. The van der Waals surface area contributed by atoms with Crippen molar-refractivity contribution < 1.29 is 14.6 Å². The number of hydrogen-bond acceptors (Lipinski definition) is 4. The first-order valence-corrected chi connectivity index (χ1v) is 9.39. The number of likely N-dealkylation sites (tertiary alicyclic amines) is 1. The number of ether oxygens (including phenoxy) is 1. The first-order valence-electron chi connectivity index (χ1n) is 9.39. The summed E-state index contributed by atoms with van der Waals surface area (Å²) in [5.41, 5.74) is 2.98. The first-order chi connectivity index (χ1) is 12.2. The van der Waals surface area contributed by atoms with Crippen molar-refractivity contribution in [2.75, 3.05) is 46.5 Å². The molecule has 1 fully saturated rings. The van der Waals surface area contributed by atoms with Gasteiger partial charge in [0.25, 0.3) is 0 Å². The summed E-state index contributed by atoms with van der Waals surface area (Å²) in [6, 6.07) is 9.37. The average Bonchev–Trinajstić information content (AvgIpc) is 3.09.